The minimum Gasteiger partial charge on any atom is -0.465 e. The van der Waals surface area contributed by atoms with E-state index in [9.17, 15) is 9.00 Å². The Kier molecular flexibility index (Phi) is 3.55. The van der Waals surface area contributed by atoms with Crippen molar-refractivity contribution in [3.63, 3.8) is 0 Å². The van der Waals surface area contributed by atoms with Crippen LogP contribution in [0.2, 0.25) is 0 Å². The minimum absolute atomic E-state index is 0.0687. The van der Waals surface area contributed by atoms with Gasteiger partial charge in [0.1, 0.15) is 0 Å². The van der Waals surface area contributed by atoms with Gasteiger partial charge in [-0.05, 0) is 18.2 Å². The maximum absolute atomic E-state index is 11.2. The number of nitriles is 1. The third kappa shape index (κ3) is 2.40. The SMILES string of the molecule is COC(=O)c1cc(C#N)ccc1S(=O)O. The van der Waals surface area contributed by atoms with Gasteiger partial charge in [-0.1, -0.05) is 0 Å². The van der Waals surface area contributed by atoms with Crippen molar-refractivity contribution >= 4 is 17.0 Å². The predicted octanol–water partition coefficient (Wildman–Crippen LogP) is 0.925. The lowest BCUT2D eigenvalue weighted by molar-refractivity contribution is 0.0596. The summed E-state index contributed by atoms with van der Waals surface area (Å²) in [5.41, 5.74) is 0.155. The number of carbonyl (C=O) groups excluding carboxylic acids is 1. The maximum Gasteiger partial charge on any atom is 0.339 e. The zero-order chi connectivity index (χ0) is 11.4. The Balaban J connectivity index is 3.36. The van der Waals surface area contributed by atoms with Gasteiger partial charge in [-0.2, -0.15) is 5.26 Å². The normalized spacial score (nSPS) is 11.5. The first-order valence-corrected chi connectivity index (χ1v) is 4.94. The first kappa shape index (κ1) is 11.4. The summed E-state index contributed by atoms with van der Waals surface area (Å²) in [6.45, 7) is 0. The van der Waals surface area contributed by atoms with Gasteiger partial charge in [-0.25, -0.2) is 9.00 Å². The fourth-order valence-electron chi connectivity index (χ4n) is 1.02. The smallest absolute Gasteiger partial charge is 0.339 e. The van der Waals surface area contributed by atoms with Crippen molar-refractivity contribution in [3.8, 4) is 6.07 Å². The molecular formula is C9H7NO4S. The van der Waals surface area contributed by atoms with Crippen LogP contribution in [-0.4, -0.2) is 21.8 Å². The summed E-state index contributed by atoms with van der Waals surface area (Å²) in [6.07, 6.45) is 0. The van der Waals surface area contributed by atoms with Gasteiger partial charge in [-0.3, -0.25) is 0 Å². The van der Waals surface area contributed by atoms with Crippen LogP contribution in [0.1, 0.15) is 15.9 Å². The molecular weight excluding hydrogens is 218 g/mol. The lowest BCUT2D eigenvalue weighted by atomic mass is 10.1. The molecule has 5 nitrogen and oxygen atoms in total. The van der Waals surface area contributed by atoms with E-state index in [4.69, 9.17) is 9.81 Å². The molecule has 0 radical (unpaired) electrons. The van der Waals surface area contributed by atoms with Gasteiger partial charge in [0.25, 0.3) is 0 Å². The van der Waals surface area contributed by atoms with E-state index in [1.807, 2.05) is 6.07 Å². The maximum atomic E-state index is 11.2. The van der Waals surface area contributed by atoms with Crippen LogP contribution in [0.3, 0.4) is 0 Å². The highest BCUT2D eigenvalue weighted by Crippen LogP contribution is 2.15. The third-order valence-electron chi connectivity index (χ3n) is 1.70. The molecule has 0 saturated carbocycles. The van der Waals surface area contributed by atoms with E-state index >= 15 is 0 Å². The Bertz CT molecular complexity index is 464. The minimum atomic E-state index is -2.28. The lowest BCUT2D eigenvalue weighted by Crippen LogP contribution is -2.07. The highest BCUT2D eigenvalue weighted by atomic mass is 32.2. The van der Waals surface area contributed by atoms with Gasteiger partial charge in [0.05, 0.1) is 29.2 Å². The second-order valence-corrected chi connectivity index (χ2v) is 3.50. The van der Waals surface area contributed by atoms with E-state index < -0.39 is 17.0 Å². The zero-order valence-corrected chi connectivity index (χ0v) is 8.58. The molecule has 1 N–H and O–H groups in total. The molecule has 0 bridgehead atoms. The summed E-state index contributed by atoms with van der Waals surface area (Å²) in [7, 11) is 1.16. The lowest BCUT2D eigenvalue weighted by Gasteiger charge is -2.04. The first-order chi connectivity index (χ1) is 7.10. The summed E-state index contributed by atoms with van der Waals surface area (Å²) >= 11 is -2.28. The number of methoxy groups -OCH3 is 1. The number of benzene rings is 1. The summed E-state index contributed by atoms with van der Waals surface area (Å²) in [5, 5.41) is 8.61. The Morgan fingerprint density at radius 3 is 2.73 bits per heavy atom. The molecule has 0 aromatic heterocycles. The number of hydrogen-bond donors (Lipinski definition) is 1. The highest BCUT2D eigenvalue weighted by Gasteiger charge is 2.16. The Morgan fingerprint density at radius 1 is 1.60 bits per heavy atom. The highest BCUT2D eigenvalue weighted by molar-refractivity contribution is 7.79. The first-order valence-electron chi connectivity index (χ1n) is 3.83. The van der Waals surface area contributed by atoms with Crippen LogP contribution in [0, 0.1) is 11.3 Å². The number of rotatable bonds is 2. The fraction of sp³-hybridized carbons (Fsp3) is 0.111. The van der Waals surface area contributed by atoms with Crippen LogP contribution < -0.4 is 0 Å². The summed E-state index contributed by atoms with van der Waals surface area (Å²) in [4.78, 5) is 11.2. The largest absolute Gasteiger partial charge is 0.465 e. The summed E-state index contributed by atoms with van der Waals surface area (Å²) in [5.74, 6) is -0.746. The zero-order valence-electron chi connectivity index (χ0n) is 7.76. The van der Waals surface area contributed by atoms with Crippen molar-refractivity contribution in [1.29, 1.82) is 5.26 Å². The van der Waals surface area contributed by atoms with Crippen LogP contribution in [-0.2, 0) is 15.8 Å². The van der Waals surface area contributed by atoms with Crippen molar-refractivity contribution in [2.45, 2.75) is 4.90 Å². The van der Waals surface area contributed by atoms with Gasteiger partial charge in [0.2, 0.25) is 0 Å². The van der Waals surface area contributed by atoms with Gasteiger partial charge >= 0.3 is 5.97 Å². The van der Waals surface area contributed by atoms with Crippen molar-refractivity contribution in [3.05, 3.63) is 29.3 Å². The average Bonchev–Trinajstić information content (AvgIpc) is 2.26. The van der Waals surface area contributed by atoms with Gasteiger partial charge in [0, 0.05) is 0 Å². The molecule has 6 heteroatoms. The average molecular weight is 225 g/mol. The monoisotopic (exact) mass is 225 g/mol. The topological polar surface area (TPSA) is 87.4 Å². The second kappa shape index (κ2) is 4.68. The van der Waals surface area contributed by atoms with Crippen molar-refractivity contribution in [2.24, 2.45) is 0 Å². The molecule has 0 amide bonds. The Labute approximate surface area is 88.6 Å². The summed E-state index contributed by atoms with van der Waals surface area (Å²) < 4.78 is 24.2. The molecule has 0 fully saturated rings. The molecule has 0 heterocycles. The van der Waals surface area contributed by atoms with Crippen LogP contribution in [0.15, 0.2) is 23.1 Å². The van der Waals surface area contributed by atoms with E-state index in [1.54, 1.807) is 0 Å². The molecule has 0 aliphatic rings. The van der Waals surface area contributed by atoms with Gasteiger partial charge < -0.3 is 9.29 Å². The standard InChI is InChI=1S/C9H7NO4S/c1-14-9(11)7-4-6(5-10)2-3-8(7)15(12)13/h2-4H,1H3,(H,12,13). The fourth-order valence-corrected chi connectivity index (χ4v) is 1.54. The molecule has 1 aromatic rings. The van der Waals surface area contributed by atoms with E-state index in [-0.39, 0.29) is 16.0 Å². The molecule has 1 unspecified atom stereocenters. The molecule has 78 valence electrons. The number of hydrogen-bond acceptors (Lipinski definition) is 4. The third-order valence-corrected chi connectivity index (χ3v) is 2.43. The Hall–Kier alpha value is -1.71. The molecule has 1 atom stereocenters. The van der Waals surface area contributed by atoms with E-state index in [0.29, 0.717) is 0 Å². The van der Waals surface area contributed by atoms with Crippen molar-refractivity contribution in [1.82, 2.24) is 0 Å². The van der Waals surface area contributed by atoms with Crippen LogP contribution in [0.4, 0.5) is 0 Å². The molecule has 1 rings (SSSR count). The molecule has 0 aliphatic carbocycles. The van der Waals surface area contributed by atoms with Gasteiger partial charge in [0.15, 0.2) is 11.1 Å². The molecule has 0 saturated heterocycles. The van der Waals surface area contributed by atoms with Crippen LogP contribution >= 0.6 is 0 Å². The van der Waals surface area contributed by atoms with Crippen LogP contribution in [0.5, 0.6) is 0 Å². The summed E-state index contributed by atoms with van der Waals surface area (Å²) in [6, 6.07) is 5.65. The molecule has 15 heavy (non-hydrogen) atoms. The van der Waals surface area contributed by atoms with E-state index in [0.717, 1.165) is 7.11 Å². The van der Waals surface area contributed by atoms with E-state index in [1.165, 1.54) is 18.2 Å². The molecule has 0 spiro atoms. The quantitative estimate of drug-likeness (QED) is 0.597. The molecule has 0 aliphatic heterocycles. The predicted molar refractivity (Wildman–Crippen MR) is 51.5 cm³/mol. The van der Waals surface area contributed by atoms with Crippen molar-refractivity contribution < 1.29 is 18.3 Å². The number of esters is 1. The van der Waals surface area contributed by atoms with E-state index in [2.05, 4.69) is 4.74 Å². The number of carbonyl (C=O) groups is 1. The second-order valence-electron chi connectivity index (χ2n) is 2.56. The molecule has 1 aromatic carbocycles. The number of ether oxygens (including phenoxy) is 1. The van der Waals surface area contributed by atoms with Crippen LogP contribution in [0.25, 0.3) is 0 Å². The van der Waals surface area contributed by atoms with Gasteiger partial charge in [-0.15, -0.1) is 0 Å². The number of nitrogens with zero attached hydrogens (tertiary/aromatic N) is 1. The Morgan fingerprint density at radius 2 is 2.27 bits per heavy atom. The van der Waals surface area contributed by atoms with Crippen molar-refractivity contribution in [2.75, 3.05) is 7.11 Å².